The molecule has 0 saturated heterocycles. The molecule has 0 radical (unpaired) electrons. The van der Waals surface area contributed by atoms with Gasteiger partial charge in [0.15, 0.2) is 0 Å². The molecule has 0 fully saturated rings. The van der Waals surface area contributed by atoms with E-state index in [-0.39, 0.29) is 9.80 Å². The molecular weight excluding hydrogens is 425 g/mol. The van der Waals surface area contributed by atoms with Crippen LogP contribution in [0.1, 0.15) is 33.3 Å². The number of amides is 1. The van der Waals surface area contributed by atoms with Crippen molar-refractivity contribution in [3.05, 3.63) is 46.9 Å². The molecular formula is C22H24FNO6S. The topological polar surface area (TPSA) is 98.8 Å². The second-order valence-corrected chi connectivity index (χ2v) is 10.2. The fourth-order valence-corrected chi connectivity index (χ4v) is 4.92. The van der Waals surface area contributed by atoms with E-state index in [9.17, 15) is 22.4 Å². The summed E-state index contributed by atoms with van der Waals surface area (Å²) in [4.78, 5) is 23.5. The first-order chi connectivity index (χ1) is 14.4. The van der Waals surface area contributed by atoms with Gasteiger partial charge in [-0.2, -0.15) is 4.39 Å². The molecule has 1 N–H and O–H groups in total. The fraction of sp³-hybridized carbons (Fsp3) is 0.364. The summed E-state index contributed by atoms with van der Waals surface area (Å²) in [6.07, 6.45) is -0.629. The normalized spacial score (nSPS) is 16.9. The van der Waals surface area contributed by atoms with Crippen molar-refractivity contribution < 1.29 is 31.9 Å². The number of hydrogen-bond acceptors (Lipinski definition) is 6. The van der Waals surface area contributed by atoms with Gasteiger partial charge in [-0.3, -0.25) is 4.79 Å². The Bertz CT molecular complexity index is 1170. The molecule has 1 aliphatic heterocycles. The van der Waals surface area contributed by atoms with Crippen LogP contribution >= 0.6 is 0 Å². The van der Waals surface area contributed by atoms with Crippen molar-refractivity contribution in [1.82, 2.24) is 5.32 Å². The Kier molecular flexibility index (Phi) is 6.20. The molecule has 0 spiro atoms. The number of halogens is 1. The number of ether oxygens (including phenoxy) is 2. The van der Waals surface area contributed by atoms with Crippen molar-refractivity contribution in [2.45, 2.75) is 50.3 Å². The van der Waals surface area contributed by atoms with Gasteiger partial charge in [0.05, 0.1) is 21.5 Å². The van der Waals surface area contributed by atoms with Gasteiger partial charge in [-0.15, -0.1) is 0 Å². The molecule has 1 heterocycles. The van der Waals surface area contributed by atoms with Gasteiger partial charge in [-0.25, -0.2) is 13.2 Å². The van der Waals surface area contributed by atoms with E-state index in [0.717, 1.165) is 10.8 Å². The third-order valence-electron chi connectivity index (χ3n) is 4.74. The van der Waals surface area contributed by atoms with Crippen LogP contribution in [0.4, 0.5) is 9.18 Å². The molecule has 0 bridgehead atoms. The van der Waals surface area contributed by atoms with Gasteiger partial charge >= 0.3 is 12.1 Å². The van der Waals surface area contributed by atoms with Crippen LogP contribution in [-0.4, -0.2) is 44.9 Å². The zero-order chi connectivity index (χ0) is 23.0. The average molecular weight is 450 g/mol. The molecule has 1 amide bonds. The molecule has 166 valence electrons. The number of benzene rings is 2. The van der Waals surface area contributed by atoms with Crippen LogP contribution in [0.15, 0.2) is 46.2 Å². The average Bonchev–Trinajstić information content (AvgIpc) is 2.93. The van der Waals surface area contributed by atoms with Gasteiger partial charge in [0.25, 0.3) is 0 Å². The smallest absolute Gasteiger partial charge is 0.408 e. The number of hydrogen-bond donors (Lipinski definition) is 1. The maximum atomic E-state index is 13.4. The summed E-state index contributed by atoms with van der Waals surface area (Å²) in [6.45, 7) is 6.05. The van der Waals surface area contributed by atoms with Crippen LogP contribution in [-0.2, 0) is 24.1 Å². The maximum absolute atomic E-state index is 13.4. The Morgan fingerprint density at radius 2 is 1.81 bits per heavy atom. The van der Waals surface area contributed by atoms with E-state index in [4.69, 9.17) is 9.47 Å². The zero-order valence-corrected chi connectivity index (χ0v) is 18.5. The van der Waals surface area contributed by atoms with Gasteiger partial charge in [0, 0.05) is 5.56 Å². The molecule has 1 aliphatic rings. The number of fused-ring (bicyclic) bond motifs is 3. The first-order valence-corrected chi connectivity index (χ1v) is 11.2. The quantitative estimate of drug-likeness (QED) is 0.674. The predicted molar refractivity (Wildman–Crippen MR) is 114 cm³/mol. The minimum absolute atomic E-state index is 0.101. The maximum Gasteiger partial charge on any atom is 0.408 e. The summed E-state index contributed by atoms with van der Waals surface area (Å²) in [7, 11) is -3.83. The predicted octanol–water partition coefficient (Wildman–Crippen LogP) is 3.76. The van der Waals surface area contributed by atoms with Crippen LogP contribution in [0.2, 0.25) is 0 Å². The van der Waals surface area contributed by atoms with Crippen molar-refractivity contribution in [2.24, 2.45) is 0 Å². The molecule has 0 aliphatic carbocycles. The second-order valence-electron chi connectivity index (χ2n) is 8.25. The number of rotatable bonds is 6. The lowest BCUT2D eigenvalue weighted by Crippen LogP contribution is -2.49. The van der Waals surface area contributed by atoms with E-state index >= 15 is 0 Å². The molecule has 7 nitrogen and oxygen atoms in total. The van der Waals surface area contributed by atoms with E-state index in [1.54, 1.807) is 32.9 Å². The molecule has 31 heavy (non-hydrogen) atoms. The molecule has 0 unspecified atom stereocenters. The minimum Gasteiger partial charge on any atom is -0.444 e. The largest absolute Gasteiger partial charge is 0.444 e. The van der Waals surface area contributed by atoms with Crippen LogP contribution < -0.4 is 5.32 Å². The Morgan fingerprint density at radius 3 is 2.45 bits per heavy atom. The molecule has 0 aromatic heterocycles. The van der Waals surface area contributed by atoms with Gasteiger partial charge in [-0.1, -0.05) is 30.3 Å². The van der Waals surface area contributed by atoms with E-state index in [2.05, 4.69) is 5.32 Å². The number of alkyl carbamates (subject to hydrolysis) is 1. The standard InChI is InChI=1S/C22H24FNO6S/c1-13(30-22(2,3)4)19(20(23)25)24-21(26)29-12-15-11-17-16-8-6-5-7-14(16)9-10-18(17)31(15,27)28/h5-11,13,19H,12H2,1-4H3,(H,24,26)/t13-,19+/m1/s1. The van der Waals surface area contributed by atoms with Crippen molar-refractivity contribution >= 4 is 38.8 Å². The monoisotopic (exact) mass is 449 g/mol. The number of carbonyl (C=O) groups excluding carboxylic acids is 2. The highest BCUT2D eigenvalue weighted by atomic mass is 32.2. The van der Waals surface area contributed by atoms with Crippen molar-refractivity contribution in [2.75, 3.05) is 6.61 Å². The zero-order valence-electron chi connectivity index (χ0n) is 17.6. The Labute approximate surface area is 180 Å². The first kappa shape index (κ1) is 22.9. The molecule has 2 atom stereocenters. The van der Waals surface area contributed by atoms with Crippen LogP contribution in [0, 0.1) is 0 Å². The summed E-state index contributed by atoms with van der Waals surface area (Å²) < 4.78 is 49.6. The lowest BCUT2D eigenvalue weighted by molar-refractivity contribution is -0.139. The summed E-state index contributed by atoms with van der Waals surface area (Å²) in [5.74, 6) is 0. The lowest BCUT2D eigenvalue weighted by atomic mass is 10.0. The van der Waals surface area contributed by atoms with E-state index < -0.39 is 46.3 Å². The molecule has 0 saturated carbocycles. The number of sulfone groups is 1. The lowest BCUT2D eigenvalue weighted by Gasteiger charge is -2.28. The molecule has 2 aromatic rings. The highest BCUT2D eigenvalue weighted by Crippen LogP contribution is 2.37. The van der Waals surface area contributed by atoms with Crippen LogP contribution in [0.5, 0.6) is 0 Å². The van der Waals surface area contributed by atoms with E-state index in [1.807, 2.05) is 18.2 Å². The van der Waals surface area contributed by atoms with Gasteiger partial charge in [0.2, 0.25) is 9.84 Å². The van der Waals surface area contributed by atoms with Crippen molar-refractivity contribution in [3.8, 4) is 0 Å². The van der Waals surface area contributed by atoms with Gasteiger partial charge in [0.1, 0.15) is 12.6 Å². The Morgan fingerprint density at radius 1 is 1.13 bits per heavy atom. The summed E-state index contributed by atoms with van der Waals surface area (Å²) in [5.41, 5.74) is -0.142. The van der Waals surface area contributed by atoms with Gasteiger partial charge in [-0.05, 0) is 50.6 Å². The Hall–Kier alpha value is -2.78. The van der Waals surface area contributed by atoms with Gasteiger partial charge < -0.3 is 14.8 Å². The SMILES string of the molecule is C[C@@H](OC(C)(C)C)[C@H](NC(=O)OCC1=Cc2c(ccc3ccccc23)S1(=O)=O)C(=O)F. The fourth-order valence-electron chi connectivity index (χ4n) is 3.45. The van der Waals surface area contributed by atoms with Crippen molar-refractivity contribution in [1.29, 1.82) is 0 Å². The second kappa shape index (κ2) is 8.39. The first-order valence-electron chi connectivity index (χ1n) is 9.68. The van der Waals surface area contributed by atoms with Crippen LogP contribution in [0.25, 0.3) is 16.8 Å². The number of carbonyl (C=O) groups is 2. The van der Waals surface area contributed by atoms with Crippen LogP contribution in [0.3, 0.4) is 0 Å². The van der Waals surface area contributed by atoms with E-state index in [1.165, 1.54) is 19.1 Å². The Balaban J connectivity index is 1.73. The third-order valence-corrected chi connectivity index (χ3v) is 6.60. The van der Waals surface area contributed by atoms with Crippen molar-refractivity contribution in [3.63, 3.8) is 0 Å². The summed E-state index contributed by atoms with van der Waals surface area (Å²) in [5, 5.41) is 3.75. The molecule has 3 rings (SSSR count). The van der Waals surface area contributed by atoms with E-state index in [0.29, 0.717) is 5.56 Å². The molecule has 2 aromatic carbocycles. The summed E-state index contributed by atoms with van der Waals surface area (Å²) >= 11 is 0. The highest BCUT2D eigenvalue weighted by Gasteiger charge is 2.33. The number of nitrogens with one attached hydrogen (secondary N) is 1. The minimum atomic E-state index is -3.83. The highest BCUT2D eigenvalue weighted by molar-refractivity contribution is 7.95. The third kappa shape index (κ3) is 4.94. The summed E-state index contributed by atoms with van der Waals surface area (Å²) in [6, 6.07) is 7.19. The molecule has 9 heteroatoms.